The Labute approximate surface area is 114 Å². The quantitative estimate of drug-likeness (QED) is 0.795. The Bertz CT molecular complexity index is 521. The van der Waals surface area contributed by atoms with Crippen molar-refractivity contribution in [2.45, 2.75) is 25.1 Å². The van der Waals surface area contributed by atoms with Crippen molar-refractivity contribution in [2.75, 3.05) is 14.2 Å². The molecule has 2 rings (SSSR count). The lowest BCUT2D eigenvalue weighted by Gasteiger charge is -2.20. The van der Waals surface area contributed by atoms with Crippen molar-refractivity contribution in [3.05, 3.63) is 35.4 Å². The topological polar surface area (TPSA) is 54.0 Å². The van der Waals surface area contributed by atoms with Gasteiger partial charge in [0.25, 0.3) is 5.97 Å². The van der Waals surface area contributed by atoms with E-state index in [-0.39, 0.29) is 5.56 Å². The normalized spacial score (nSPS) is 29.4. The number of carbonyl (C=O) groups is 1. The molecular formula is C13H14F2O5. The van der Waals surface area contributed by atoms with Gasteiger partial charge in [-0.15, -0.1) is 0 Å². The molecule has 0 N–H and O–H groups in total. The average Bonchev–Trinajstić information content (AvgIpc) is 2.77. The summed E-state index contributed by atoms with van der Waals surface area (Å²) in [4.78, 5) is 11.7. The molecule has 1 saturated heterocycles. The van der Waals surface area contributed by atoms with Crippen molar-refractivity contribution >= 4 is 5.97 Å². The molecule has 0 spiro atoms. The molecule has 1 aliphatic heterocycles. The molecule has 1 unspecified atom stereocenters. The summed E-state index contributed by atoms with van der Waals surface area (Å²) in [6, 6.07) is 2.96. The third kappa shape index (κ3) is 2.65. The molecule has 110 valence electrons. The van der Waals surface area contributed by atoms with E-state index in [4.69, 9.17) is 14.2 Å². The van der Waals surface area contributed by atoms with Gasteiger partial charge in [-0.1, -0.05) is 6.07 Å². The molecule has 1 fully saturated rings. The van der Waals surface area contributed by atoms with Crippen LogP contribution in [0.1, 0.15) is 18.6 Å². The van der Waals surface area contributed by atoms with E-state index in [9.17, 15) is 13.6 Å². The van der Waals surface area contributed by atoms with Crippen molar-refractivity contribution in [3.8, 4) is 0 Å². The predicted molar refractivity (Wildman–Crippen MR) is 62.5 cm³/mol. The highest BCUT2D eigenvalue weighted by Crippen LogP contribution is 2.40. The van der Waals surface area contributed by atoms with Crippen LogP contribution in [0.2, 0.25) is 0 Å². The van der Waals surface area contributed by atoms with E-state index >= 15 is 0 Å². The molecule has 0 aromatic heterocycles. The minimum atomic E-state index is -1.51. The van der Waals surface area contributed by atoms with Gasteiger partial charge in [-0.2, -0.15) is 0 Å². The Hall–Kier alpha value is -1.57. The van der Waals surface area contributed by atoms with Gasteiger partial charge in [-0.25, -0.2) is 13.6 Å². The van der Waals surface area contributed by atoms with Crippen LogP contribution < -0.4 is 0 Å². The summed E-state index contributed by atoms with van der Waals surface area (Å²) in [6.45, 7) is 1.43. The Balaban J connectivity index is 2.38. The van der Waals surface area contributed by atoms with Crippen molar-refractivity contribution in [3.63, 3.8) is 0 Å². The van der Waals surface area contributed by atoms with Gasteiger partial charge < -0.3 is 18.9 Å². The molecule has 0 radical (unpaired) electrons. The van der Waals surface area contributed by atoms with E-state index in [1.54, 1.807) is 0 Å². The molecule has 0 bridgehead atoms. The summed E-state index contributed by atoms with van der Waals surface area (Å²) in [5.74, 6) is -3.81. The van der Waals surface area contributed by atoms with E-state index in [1.165, 1.54) is 27.2 Å². The van der Waals surface area contributed by atoms with Gasteiger partial charge in [0.05, 0.1) is 7.11 Å². The highest BCUT2D eigenvalue weighted by molar-refractivity contribution is 5.76. The van der Waals surface area contributed by atoms with Crippen molar-refractivity contribution in [1.82, 2.24) is 0 Å². The molecular weight excluding hydrogens is 274 g/mol. The van der Waals surface area contributed by atoms with E-state index in [0.29, 0.717) is 6.07 Å². The number of methoxy groups -OCH3 is 2. The van der Waals surface area contributed by atoms with Crippen LogP contribution in [0.3, 0.4) is 0 Å². The predicted octanol–water partition coefficient (Wildman–Crippen LogP) is 1.91. The molecule has 0 aliphatic carbocycles. The minimum Gasteiger partial charge on any atom is -0.467 e. The number of hydrogen-bond acceptors (Lipinski definition) is 5. The maximum atomic E-state index is 13.8. The fourth-order valence-corrected chi connectivity index (χ4v) is 1.96. The summed E-state index contributed by atoms with van der Waals surface area (Å²) in [5.41, 5.74) is -0.0115. The highest BCUT2D eigenvalue weighted by atomic mass is 19.1. The van der Waals surface area contributed by atoms with Crippen molar-refractivity contribution < 1.29 is 32.5 Å². The molecule has 7 heteroatoms. The fraction of sp³-hybridized carbons (Fsp3) is 0.462. The summed E-state index contributed by atoms with van der Waals surface area (Å²) < 4.78 is 47.1. The van der Waals surface area contributed by atoms with Gasteiger partial charge in [0, 0.05) is 25.7 Å². The molecule has 20 heavy (non-hydrogen) atoms. The maximum absolute atomic E-state index is 13.8. The number of carbonyl (C=O) groups excluding carboxylic acids is 1. The second kappa shape index (κ2) is 5.43. The first-order chi connectivity index (χ1) is 9.40. The van der Waals surface area contributed by atoms with E-state index in [2.05, 4.69) is 4.74 Å². The highest BCUT2D eigenvalue weighted by Gasteiger charge is 2.50. The van der Waals surface area contributed by atoms with Gasteiger partial charge in [0.2, 0.25) is 0 Å². The van der Waals surface area contributed by atoms with Gasteiger partial charge in [-0.3, -0.25) is 0 Å². The number of hydrogen-bond donors (Lipinski definition) is 0. The third-order valence-electron chi connectivity index (χ3n) is 3.03. The number of rotatable bonds is 3. The summed E-state index contributed by atoms with van der Waals surface area (Å²) >= 11 is 0. The van der Waals surface area contributed by atoms with Gasteiger partial charge in [0.1, 0.15) is 17.7 Å². The smallest absolute Gasteiger partial charge is 0.338 e. The number of benzene rings is 1. The fourth-order valence-electron chi connectivity index (χ4n) is 1.96. The first kappa shape index (κ1) is 14.8. The minimum absolute atomic E-state index is 0.0115. The van der Waals surface area contributed by atoms with Crippen LogP contribution in [0.4, 0.5) is 8.78 Å². The average molecular weight is 288 g/mol. The van der Waals surface area contributed by atoms with Crippen LogP contribution >= 0.6 is 0 Å². The first-order valence-corrected chi connectivity index (χ1v) is 5.84. The number of halogens is 2. The summed E-state index contributed by atoms with van der Waals surface area (Å²) in [6.07, 6.45) is -2.29. The van der Waals surface area contributed by atoms with Crippen LogP contribution in [0, 0.1) is 11.6 Å². The SMILES string of the molecule is COC(=O)[C@@H]1OC(C)(OC)O[C@H]1c1ccc(F)cc1F. The summed E-state index contributed by atoms with van der Waals surface area (Å²) in [7, 11) is 2.49. The van der Waals surface area contributed by atoms with Gasteiger partial charge in [-0.05, 0) is 6.07 Å². The molecule has 1 aromatic carbocycles. The zero-order chi connectivity index (χ0) is 14.9. The van der Waals surface area contributed by atoms with E-state index in [0.717, 1.165) is 6.07 Å². The Morgan fingerprint density at radius 2 is 2.00 bits per heavy atom. The number of esters is 1. The van der Waals surface area contributed by atoms with E-state index in [1.807, 2.05) is 0 Å². The first-order valence-electron chi connectivity index (χ1n) is 5.84. The van der Waals surface area contributed by atoms with E-state index < -0.39 is 35.8 Å². The largest absolute Gasteiger partial charge is 0.467 e. The monoisotopic (exact) mass is 288 g/mol. The molecule has 0 saturated carbocycles. The molecule has 3 atom stereocenters. The standard InChI is InChI=1S/C13H14F2O5/c1-13(18-3)19-10(11(20-13)12(16)17-2)8-5-4-7(14)6-9(8)15/h4-6,10-11H,1-3H3/t10-,11+,13?/m0/s1. The molecule has 1 heterocycles. The lowest BCUT2D eigenvalue weighted by atomic mass is 10.0. The van der Waals surface area contributed by atoms with Crippen LogP contribution in [-0.2, 0) is 23.7 Å². The Morgan fingerprint density at radius 1 is 1.30 bits per heavy atom. The van der Waals surface area contributed by atoms with Crippen LogP contribution in [-0.4, -0.2) is 32.3 Å². The van der Waals surface area contributed by atoms with Gasteiger partial charge in [0.15, 0.2) is 6.10 Å². The second-order valence-corrected chi connectivity index (χ2v) is 4.33. The second-order valence-electron chi connectivity index (χ2n) is 4.33. The van der Waals surface area contributed by atoms with Crippen LogP contribution in [0.15, 0.2) is 18.2 Å². The zero-order valence-electron chi connectivity index (χ0n) is 11.2. The Kier molecular flexibility index (Phi) is 4.03. The molecule has 0 amide bonds. The number of ether oxygens (including phenoxy) is 4. The lowest BCUT2D eigenvalue weighted by molar-refractivity contribution is -0.318. The maximum Gasteiger partial charge on any atom is 0.338 e. The third-order valence-corrected chi connectivity index (χ3v) is 3.03. The lowest BCUT2D eigenvalue weighted by Crippen LogP contribution is -2.31. The summed E-state index contributed by atoms with van der Waals surface area (Å²) in [5, 5.41) is 0. The zero-order valence-corrected chi connectivity index (χ0v) is 11.2. The van der Waals surface area contributed by atoms with Crippen LogP contribution in [0.25, 0.3) is 0 Å². The Morgan fingerprint density at radius 3 is 2.55 bits per heavy atom. The van der Waals surface area contributed by atoms with Crippen molar-refractivity contribution in [2.24, 2.45) is 0 Å². The van der Waals surface area contributed by atoms with Crippen molar-refractivity contribution in [1.29, 1.82) is 0 Å². The molecule has 5 nitrogen and oxygen atoms in total. The van der Waals surface area contributed by atoms with Gasteiger partial charge >= 0.3 is 5.97 Å². The molecule has 1 aliphatic rings. The van der Waals surface area contributed by atoms with Crippen LogP contribution in [0.5, 0.6) is 0 Å². The molecule has 1 aromatic rings.